The van der Waals surface area contributed by atoms with E-state index >= 15 is 0 Å². The average Bonchev–Trinajstić information content (AvgIpc) is 2.91. The van der Waals surface area contributed by atoms with E-state index in [0.717, 1.165) is 0 Å². The summed E-state index contributed by atoms with van der Waals surface area (Å²) in [5.74, 6) is -1.43. The van der Waals surface area contributed by atoms with E-state index in [4.69, 9.17) is 11.5 Å². The number of hydrogen-bond donors (Lipinski definition) is 2. The summed E-state index contributed by atoms with van der Waals surface area (Å²) in [6, 6.07) is 25.9. The second-order valence-electron chi connectivity index (χ2n) is 7.55. The van der Waals surface area contributed by atoms with Crippen LogP contribution in [0.2, 0.25) is 0 Å². The maximum atomic E-state index is 11.7. The van der Waals surface area contributed by atoms with Gasteiger partial charge in [-0.1, -0.05) is 96.4 Å². The van der Waals surface area contributed by atoms with E-state index in [9.17, 15) is 20.4 Å². The minimum absolute atomic E-state index is 0. The van der Waals surface area contributed by atoms with Crippen LogP contribution in [-0.2, 0) is 64.0 Å². The molecule has 0 atom stereocenters. The molecule has 0 saturated carbocycles. The van der Waals surface area contributed by atoms with Crippen LogP contribution in [0, 0.1) is 0 Å². The van der Waals surface area contributed by atoms with Gasteiger partial charge >= 0.3 is 0 Å². The topological polar surface area (TPSA) is 308 Å². The number of nitrogen functional groups attached to an aromatic ring is 2. The molecule has 0 saturated heterocycles. The summed E-state index contributed by atoms with van der Waals surface area (Å²) in [6.07, 6.45) is 2.50. The molecule has 0 aliphatic rings. The minimum Gasteiger partial charge on any atom is -2.00 e. The van der Waals surface area contributed by atoms with Crippen molar-refractivity contribution in [2.24, 2.45) is 20.4 Å². The van der Waals surface area contributed by atoms with Gasteiger partial charge in [0.05, 0.1) is 12.4 Å². The molecule has 4 rings (SSSR count). The molecule has 4 aromatic carbocycles. The summed E-state index contributed by atoms with van der Waals surface area (Å²) >= 11 is 0. The first-order valence-electron chi connectivity index (χ1n) is 11.1. The Morgan fingerprint density at radius 2 is 0.795 bits per heavy atom. The molecule has 0 heterocycles. The van der Waals surface area contributed by atoms with E-state index in [1.165, 1.54) is 24.6 Å². The fourth-order valence-electron chi connectivity index (χ4n) is 2.95. The van der Waals surface area contributed by atoms with Crippen molar-refractivity contribution in [2.75, 3.05) is 11.5 Å². The van der Waals surface area contributed by atoms with Gasteiger partial charge in [0.25, 0.3) is 0 Å². The zero-order valence-corrected chi connectivity index (χ0v) is 26.4. The molecule has 4 N–H and O–H groups in total. The Labute approximate surface area is 281 Å². The Kier molecular flexibility index (Phi) is 25.4. The first-order valence-corrected chi connectivity index (χ1v) is 11.1. The van der Waals surface area contributed by atoms with E-state index in [0.29, 0.717) is 22.5 Å². The second-order valence-corrected chi connectivity index (χ2v) is 7.55. The van der Waals surface area contributed by atoms with E-state index in [1.54, 1.807) is 84.9 Å². The van der Waals surface area contributed by atoms with Crippen molar-refractivity contribution in [3.63, 3.8) is 0 Å². The van der Waals surface area contributed by atoms with Gasteiger partial charge in [-0.25, -0.2) is 0 Å². The van der Waals surface area contributed by atoms with Crippen molar-refractivity contribution in [1.29, 1.82) is 0 Å². The van der Waals surface area contributed by atoms with Crippen molar-refractivity contribution >= 4 is 35.6 Å². The molecule has 0 radical (unpaired) electrons. The van der Waals surface area contributed by atoms with Gasteiger partial charge < -0.3 is 53.8 Å². The first-order chi connectivity index (χ1) is 18.4. The van der Waals surface area contributed by atoms with Gasteiger partial charge in [-0.05, 0) is 23.3 Å². The predicted octanol–water partition coefficient (Wildman–Crippen LogP) is 0.487. The van der Waals surface area contributed by atoms with Crippen LogP contribution in [0.25, 0.3) is 0 Å². The molecule has 0 aromatic heterocycles. The Balaban J connectivity index is -0.000000320. The minimum atomic E-state index is -0.544. The first kappa shape index (κ1) is 46.5. The van der Waals surface area contributed by atoms with E-state index in [-0.39, 0.29) is 86.7 Å². The second kappa shape index (κ2) is 24.1. The molecule has 0 spiro atoms. The van der Waals surface area contributed by atoms with Crippen LogP contribution in [0.5, 0.6) is 11.5 Å². The number of para-hydroxylation sites is 4. The third-order valence-corrected chi connectivity index (χ3v) is 4.91. The van der Waals surface area contributed by atoms with Crippen LogP contribution in [0.15, 0.2) is 117 Å². The molecule has 0 aliphatic heterocycles. The van der Waals surface area contributed by atoms with E-state index in [1.807, 2.05) is 0 Å². The maximum Gasteiger partial charge on any atom is 0.0561 e. The zero-order chi connectivity index (χ0) is 27.3. The quantitative estimate of drug-likeness (QED) is 0.0925. The number of nitrogens with zero attached hydrogens (tertiary/aromatic N) is 4. The van der Waals surface area contributed by atoms with Crippen molar-refractivity contribution in [3.05, 3.63) is 119 Å². The Morgan fingerprint density at radius 3 is 1.11 bits per heavy atom. The Hall–Kier alpha value is -4.42. The van der Waals surface area contributed by atoms with Gasteiger partial charge in [-0.2, -0.15) is 20.4 Å². The van der Waals surface area contributed by atoms with Crippen LogP contribution < -0.4 is 31.9 Å². The van der Waals surface area contributed by atoms with Crippen molar-refractivity contribution in [2.45, 2.75) is 0 Å². The Morgan fingerprint density at radius 1 is 0.500 bits per heavy atom. The van der Waals surface area contributed by atoms with Crippen LogP contribution in [0.3, 0.4) is 0 Å². The molecular formula is C28H22Mo2N6O8-12. The van der Waals surface area contributed by atoms with Crippen LogP contribution in [-0.4, -0.2) is 24.2 Å². The number of nitrogens with two attached hydrogens (primary N) is 2. The molecule has 0 bridgehead atoms. The van der Waals surface area contributed by atoms with Crippen molar-refractivity contribution < 1.29 is 84.5 Å². The molecule has 16 heteroatoms. The number of benzene rings is 4. The normalized spacial score (nSPS) is 10.3. The molecule has 0 fully saturated rings. The van der Waals surface area contributed by atoms with Gasteiger partial charge in [0.15, 0.2) is 0 Å². The van der Waals surface area contributed by atoms with Gasteiger partial charge in [0.1, 0.15) is 0 Å². The van der Waals surface area contributed by atoms with Gasteiger partial charge in [0.2, 0.25) is 0 Å². The van der Waals surface area contributed by atoms with E-state index in [2.05, 4.69) is 20.4 Å². The summed E-state index contributed by atoms with van der Waals surface area (Å²) in [6.45, 7) is 0. The summed E-state index contributed by atoms with van der Waals surface area (Å²) in [5, 5.41) is 60.4. The largest absolute Gasteiger partial charge is 2.00 e. The monoisotopic (exact) mass is 766 g/mol. The summed E-state index contributed by atoms with van der Waals surface area (Å²) in [7, 11) is 0. The molecule has 236 valence electrons. The average molecular weight is 762 g/mol. The molecule has 4 aromatic rings. The standard InChI is InChI=1S/2C14H13N3O2.2Mo.4O/c2*15-12-7-3-2-6-11(12)14(19)17-16-9-10-5-1-4-8-13(10)18;;;;;;/h2*1-9,18H,15H2,(H,17,19);;;;;;/q;;;;4*-2/p-4/b2*16-9+;;;;;;. The SMILES string of the molecule is Nc1ccccc1/C([O-])=N/N=C/c1ccccc1[O-].Nc1ccccc1/C([O-])=N/N=C/c1ccccc1[O-].[Mo].[Mo].[O-2].[O-2].[O-2].[O-2]. The van der Waals surface area contributed by atoms with Crippen LogP contribution in [0.4, 0.5) is 11.4 Å². The van der Waals surface area contributed by atoms with Gasteiger partial charge in [-0.3, -0.25) is 0 Å². The fourth-order valence-corrected chi connectivity index (χ4v) is 2.95. The van der Waals surface area contributed by atoms with Crippen molar-refractivity contribution in [3.8, 4) is 11.5 Å². The van der Waals surface area contributed by atoms with Crippen molar-refractivity contribution in [1.82, 2.24) is 0 Å². The molecule has 44 heavy (non-hydrogen) atoms. The summed E-state index contributed by atoms with van der Waals surface area (Å²) in [5.41, 5.74) is 13.3. The fraction of sp³-hybridized carbons (Fsp3) is 0. The number of anilines is 2. The van der Waals surface area contributed by atoms with Gasteiger partial charge in [0, 0.05) is 76.4 Å². The van der Waals surface area contributed by atoms with Gasteiger partial charge in [-0.15, -0.1) is 0 Å². The smallest absolute Gasteiger partial charge is 0.0561 e. The molecule has 0 amide bonds. The molecule has 14 nitrogen and oxygen atoms in total. The summed E-state index contributed by atoms with van der Waals surface area (Å²) < 4.78 is 0. The van der Waals surface area contributed by atoms with Crippen LogP contribution >= 0.6 is 0 Å². The Bertz CT molecular complexity index is 1410. The third kappa shape index (κ3) is 14.2. The van der Waals surface area contributed by atoms with Crippen LogP contribution in [0.1, 0.15) is 22.3 Å². The maximum absolute atomic E-state index is 11.7. The number of rotatable bonds is 6. The summed E-state index contributed by atoms with van der Waals surface area (Å²) in [4.78, 5) is 0. The molecule has 0 aliphatic carbocycles. The zero-order valence-electron chi connectivity index (χ0n) is 22.4. The van der Waals surface area contributed by atoms with E-state index < -0.39 is 11.8 Å². The third-order valence-electron chi connectivity index (χ3n) is 4.91. The number of hydrogen-bond acceptors (Lipinski definition) is 10. The molecule has 0 unspecified atom stereocenters. The molecular weight excluding hydrogens is 740 g/mol. The predicted molar refractivity (Wildman–Crippen MR) is 144 cm³/mol.